The van der Waals surface area contributed by atoms with E-state index in [9.17, 15) is 4.79 Å². The van der Waals surface area contributed by atoms with Gasteiger partial charge in [0.25, 0.3) is 5.91 Å². The van der Waals surface area contributed by atoms with Gasteiger partial charge in [0.05, 0.1) is 12.5 Å². The summed E-state index contributed by atoms with van der Waals surface area (Å²) in [6, 6.07) is 4.77. The van der Waals surface area contributed by atoms with Crippen LogP contribution in [-0.4, -0.2) is 28.9 Å². The van der Waals surface area contributed by atoms with Gasteiger partial charge < -0.3 is 10.6 Å². The smallest absolute Gasteiger partial charge is 0.254 e. The van der Waals surface area contributed by atoms with Crippen LogP contribution in [0.5, 0.6) is 0 Å². The number of aromatic nitrogens is 1. The maximum atomic E-state index is 12.0. The van der Waals surface area contributed by atoms with Gasteiger partial charge in [0.2, 0.25) is 0 Å². The molecule has 0 saturated heterocycles. The molecule has 0 saturated carbocycles. The summed E-state index contributed by atoms with van der Waals surface area (Å²) in [6.07, 6.45) is 0.274. The fraction of sp³-hybridized carbons (Fsp3) is 0.364. The van der Waals surface area contributed by atoms with Crippen molar-refractivity contribution in [3.8, 4) is 6.07 Å². The van der Waals surface area contributed by atoms with Gasteiger partial charge in [-0.1, -0.05) is 11.6 Å². The third-order valence-electron chi connectivity index (χ3n) is 2.43. The molecule has 0 aromatic carbocycles. The highest BCUT2D eigenvalue weighted by atomic mass is 35.5. The zero-order valence-electron chi connectivity index (χ0n) is 9.64. The average molecular weight is 253 g/mol. The highest BCUT2D eigenvalue weighted by Gasteiger charge is 2.18. The minimum Gasteiger partial charge on any atom is -0.384 e. The molecule has 1 atom stereocenters. The average Bonchev–Trinajstić information content (AvgIpc) is 2.26. The van der Waals surface area contributed by atoms with Crippen LogP contribution in [0, 0.1) is 11.3 Å². The maximum Gasteiger partial charge on any atom is 0.254 e. The van der Waals surface area contributed by atoms with Gasteiger partial charge in [-0.15, -0.1) is 0 Å². The van der Waals surface area contributed by atoms with Gasteiger partial charge in [-0.05, 0) is 19.1 Å². The molecule has 90 valence electrons. The summed E-state index contributed by atoms with van der Waals surface area (Å²) in [4.78, 5) is 17.3. The first kappa shape index (κ1) is 13.3. The van der Waals surface area contributed by atoms with Crippen molar-refractivity contribution in [1.82, 2.24) is 9.88 Å². The van der Waals surface area contributed by atoms with Crippen LogP contribution in [0.3, 0.4) is 0 Å². The number of nitrogen functional groups attached to an aromatic ring is 1. The first-order valence-electron chi connectivity index (χ1n) is 5.03. The Bertz CT molecular complexity index is 449. The van der Waals surface area contributed by atoms with Crippen molar-refractivity contribution in [3.63, 3.8) is 0 Å². The van der Waals surface area contributed by atoms with Crippen molar-refractivity contribution in [1.29, 1.82) is 5.26 Å². The zero-order chi connectivity index (χ0) is 13.0. The van der Waals surface area contributed by atoms with Crippen molar-refractivity contribution < 1.29 is 4.79 Å². The number of hydrogen-bond acceptors (Lipinski definition) is 4. The Labute approximate surface area is 105 Å². The Hall–Kier alpha value is -1.80. The lowest BCUT2D eigenvalue weighted by atomic mass is 10.1. The molecule has 1 aromatic rings. The minimum atomic E-state index is -0.233. The van der Waals surface area contributed by atoms with Crippen LogP contribution in [-0.2, 0) is 0 Å². The van der Waals surface area contributed by atoms with E-state index in [2.05, 4.69) is 4.98 Å². The molecule has 17 heavy (non-hydrogen) atoms. The molecular formula is C11H13ClN4O. The number of amides is 1. The van der Waals surface area contributed by atoms with Crippen molar-refractivity contribution >= 4 is 23.3 Å². The molecule has 1 unspecified atom stereocenters. The molecule has 1 amide bonds. The van der Waals surface area contributed by atoms with Crippen LogP contribution in [0.1, 0.15) is 23.7 Å². The summed E-state index contributed by atoms with van der Waals surface area (Å²) < 4.78 is 0. The van der Waals surface area contributed by atoms with Gasteiger partial charge in [0.15, 0.2) is 0 Å². The number of nitriles is 1. The molecule has 6 heteroatoms. The second-order valence-electron chi connectivity index (χ2n) is 3.73. The predicted octanol–water partition coefficient (Wildman–Crippen LogP) is 1.69. The number of carbonyl (C=O) groups excluding carboxylic acids is 1. The van der Waals surface area contributed by atoms with E-state index >= 15 is 0 Å². The van der Waals surface area contributed by atoms with Gasteiger partial charge in [-0.3, -0.25) is 4.79 Å². The van der Waals surface area contributed by atoms with E-state index < -0.39 is 0 Å². The predicted molar refractivity (Wildman–Crippen MR) is 65.4 cm³/mol. The summed E-state index contributed by atoms with van der Waals surface area (Å²) >= 11 is 5.73. The highest BCUT2D eigenvalue weighted by Crippen LogP contribution is 2.15. The Morgan fingerprint density at radius 2 is 2.35 bits per heavy atom. The van der Waals surface area contributed by atoms with Gasteiger partial charge >= 0.3 is 0 Å². The second-order valence-corrected chi connectivity index (χ2v) is 4.12. The Kier molecular flexibility index (Phi) is 4.30. The number of anilines is 1. The van der Waals surface area contributed by atoms with E-state index in [0.29, 0.717) is 5.56 Å². The third-order valence-corrected chi connectivity index (χ3v) is 2.62. The Morgan fingerprint density at radius 3 is 2.88 bits per heavy atom. The topological polar surface area (TPSA) is 83.0 Å². The Morgan fingerprint density at radius 1 is 1.71 bits per heavy atom. The van der Waals surface area contributed by atoms with E-state index in [1.165, 1.54) is 17.0 Å². The quantitative estimate of drug-likeness (QED) is 0.830. The third kappa shape index (κ3) is 3.33. The van der Waals surface area contributed by atoms with Crippen molar-refractivity contribution in [2.75, 3.05) is 12.8 Å². The lowest BCUT2D eigenvalue weighted by molar-refractivity contribution is 0.0746. The van der Waals surface area contributed by atoms with Crippen LogP contribution in [0.4, 0.5) is 5.82 Å². The summed E-state index contributed by atoms with van der Waals surface area (Å²) in [5.74, 6) is -0.0362. The van der Waals surface area contributed by atoms with Crippen molar-refractivity contribution in [2.45, 2.75) is 19.4 Å². The molecule has 0 spiro atoms. The SMILES string of the molecule is CC(CC#N)N(C)C(=O)c1cc(N)nc(Cl)c1. The van der Waals surface area contributed by atoms with Crippen LogP contribution in [0.25, 0.3) is 0 Å². The summed E-state index contributed by atoms with van der Waals surface area (Å²) in [5, 5.41) is 8.76. The van der Waals surface area contributed by atoms with E-state index in [1.807, 2.05) is 6.07 Å². The second kappa shape index (κ2) is 5.51. The molecular weight excluding hydrogens is 240 g/mol. The number of pyridine rings is 1. The lowest BCUT2D eigenvalue weighted by Gasteiger charge is -2.23. The molecule has 1 aromatic heterocycles. The number of nitrogens with zero attached hydrogens (tertiary/aromatic N) is 3. The largest absolute Gasteiger partial charge is 0.384 e. The van der Waals surface area contributed by atoms with Gasteiger partial charge in [0, 0.05) is 18.7 Å². The summed E-state index contributed by atoms with van der Waals surface area (Å²) in [6.45, 7) is 1.80. The van der Waals surface area contributed by atoms with E-state index in [0.717, 1.165) is 0 Å². The standard InChI is InChI=1S/C11H13ClN4O/c1-7(3-4-13)16(2)11(17)8-5-9(12)15-10(14)6-8/h5-7H,3H2,1-2H3,(H2,14,15). The summed E-state index contributed by atoms with van der Waals surface area (Å²) in [5.41, 5.74) is 5.88. The van der Waals surface area contributed by atoms with Gasteiger partial charge in [0.1, 0.15) is 11.0 Å². The Balaban J connectivity index is 2.93. The van der Waals surface area contributed by atoms with Crippen molar-refractivity contribution in [3.05, 3.63) is 22.8 Å². The van der Waals surface area contributed by atoms with Crippen molar-refractivity contribution in [2.24, 2.45) is 0 Å². The van der Waals surface area contributed by atoms with Crippen LogP contribution in [0.15, 0.2) is 12.1 Å². The lowest BCUT2D eigenvalue weighted by Crippen LogP contribution is -2.34. The number of hydrogen-bond donors (Lipinski definition) is 1. The molecule has 2 N–H and O–H groups in total. The van der Waals surface area contributed by atoms with Crippen LogP contribution >= 0.6 is 11.6 Å². The maximum absolute atomic E-state index is 12.0. The molecule has 0 aliphatic heterocycles. The molecule has 0 fully saturated rings. The molecule has 0 aliphatic rings. The fourth-order valence-corrected chi connectivity index (χ4v) is 1.53. The number of halogens is 1. The fourth-order valence-electron chi connectivity index (χ4n) is 1.31. The molecule has 0 bridgehead atoms. The molecule has 1 heterocycles. The van der Waals surface area contributed by atoms with Gasteiger partial charge in [-0.25, -0.2) is 4.98 Å². The first-order chi connectivity index (χ1) is 7.95. The highest BCUT2D eigenvalue weighted by molar-refractivity contribution is 6.29. The molecule has 1 rings (SSSR count). The number of rotatable bonds is 3. The van der Waals surface area contributed by atoms with Gasteiger partial charge in [-0.2, -0.15) is 5.26 Å². The van der Waals surface area contributed by atoms with Crippen LogP contribution < -0.4 is 5.73 Å². The van der Waals surface area contributed by atoms with E-state index in [1.54, 1.807) is 14.0 Å². The molecule has 0 aliphatic carbocycles. The first-order valence-corrected chi connectivity index (χ1v) is 5.40. The summed E-state index contributed by atoms with van der Waals surface area (Å²) in [7, 11) is 1.63. The van der Waals surface area contributed by atoms with E-state index in [-0.39, 0.29) is 29.3 Å². The monoisotopic (exact) mass is 252 g/mol. The van der Waals surface area contributed by atoms with E-state index in [4.69, 9.17) is 22.6 Å². The normalized spacial score (nSPS) is 11.6. The zero-order valence-corrected chi connectivity index (χ0v) is 10.4. The number of carbonyl (C=O) groups is 1. The minimum absolute atomic E-state index is 0.166. The molecule has 0 radical (unpaired) electrons. The van der Waals surface area contributed by atoms with Crippen LogP contribution in [0.2, 0.25) is 5.15 Å². The number of nitrogens with two attached hydrogens (primary N) is 1. The molecule has 5 nitrogen and oxygen atoms in total.